The van der Waals surface area contributed by atoms with Crippen LogP contribution in [0.1, 0.15) is 29.1 Å². The van der Waals surface area contributed by atoms with Gasteiger partial charge in [-0.05, 0) is 46.6 Å². The Hall–Kier alpha value is -1.53. The summed E-state index contributed by atoms with van der Waals surface area (Å²) in [5, 5.41) is 2.87. The molecule has 0 fully saturated rings. The van der Waals surface area contributed by atoms with Crippen LogP contribution in [0.15, 0.2) is 28.1 Å². The minimum Gasteiger partial charge on any atom is -0.449 e. The molecule has 3 rings (SSSR count). The van der Waals surface area contributed by atoms with Crippen LogP contribution in [-0.2, 0) is 0 Å². The summed E-state index contributed by atoms with van der Waals surface area (Å²) in [5.74, 6) is 0.529. The number of nitrogens with one attached hydrogen (secondary N) is 1. The average molecular weight is 368 g/mol. The minimum absolute atomic E-state index is 0.132. The second-order valence-corrected chi connectivity index (χ2v) is 7.66. The number of carbonyl (C=O) groups is 1. The molecule has 1 aromatic carbocycles. The van der Waals surface area contributed by atoms with E-state index in [4.69, 9.17) is 9.47 Å². The zero-order valence-electron chi connectivity index (χ0n) is 11.8. The van der Waals surface area contributed by atoms with Crippen molar-refractivity contribution >= 4 is 38.9 Å². The molecule has 1 aliphatic heterocycles. The van der Waals surface area contributed by atoms with Crippen LogP contribution in [0.3, 0.4) is 0 Å². The van der Waals surface area contributed by atoms with E-state index in [1.54, 1.807) is 18.2 Å². The topological polar surface area (TPSA) is 47.6 Å². The first-order valence-corrected chi connectivity index (χ1v) is 8.04. The van der Waals surface area contributed by atoms with Crippen molar-refractivity contribution in [3.05, 3.63) is 38.5 Å². The van der Waals surface area contributed by atoms with E-state index in [9.17, 15) is 4.79 Å². The van der Waals surface area contributed by atoms with Crippen LogP contribution in [0.25, 0.3) is 0 Å². The van der Waals surface area contributed by atoms with Gasteiger partial charge in [-0.25, -0.2) is 0 Å². The van der Waals surface area contributed by atoms with Gasteiger partial charge in [0.15, 0.2) is 11.5 Å². The van der Waals surface area contributed by atoms with Crippen molar-refractivity contribution in [3.8, 4) is 11.5 Å². The number of hydrogen-bond donors (Lipinski definition) is 1. The highest BCUT2D eigenvalue weighted by Crippen LogP contribution is 2.40. The van der Waals surface area contributed by atoms with Gasteiger partial charge in [-0.1, -0.05) is 0 Å². The number of rotatable bonds is 2. The van der Waals surface area contributed by atoms with Crippen LogP contribution in [0.2, 0.25) is 0 Å². The van der Waals surface area contributed by atoms with E-state index in [0.717, 1.165) is 9.35 Å². The minimum atomic E-state index is -0.666. The van der Waals surface area contributed by atoms with Crippen LogP contribution >= 0.6 is 27.3 Å². The zero-order chi connectivity index (χ0) is 15.2. The summed E-state index contributed by atoms with van der Waals surface area (Å²) in [6, 6.07) is 7.24. The Kier molecular flexibility index (Phi) is 3.45. The molecule has 1 aromatic heterocycles. The van der Waals surface area contributed by atoms with E-state index in [0.29, 0.717) is 22.1 Å². The van der Waals surface area contributed by atoms with Crippen LogP contribution < -0.4 is 14.8 Å². The third-order valence-electron chi connectivity index (χ3n) is 2.99. The van der Waals surface area contributed by atoms with Gasteiger partial charge in [0, 0.05) is 25.6 Å². The number of benzene rings is 1. The number of ether oxygens (including phenoxy) is 2. The van der Waals surface area contributed by atoms with Gasteiger partial charge >= 0.3 is 0 Å². The molecule has 0 bridgehead atoms. The molecule has 0 saturated carbocycles. The van der Waals surface area contributed by atoms with Crippen molar-refractivity contribution in [1.29, 1.82) is 0 Å². The Morgan fingerprint density at radius 1 is 1.24 bits per heavy atom. The van der Waals surface area contributed by atoms with Gasteiger partial charge in [-0.3, -0.25) is 4.79 Å². The third-order valence-corrected chi connectivity index (χ3v) is 5.13. The molecule has 110 valence electrons. The van der Waals surface area contributed by atoms with Crippen LogP contribution in [-0.4, -0.2) is 11.7 Å². The molecule has 21 heavy (non-hydrogen) atoms. The lowest BCUT2D eigenvalue weighted by atomic mass is 10.2. The number of halogens is 1. The summed E-state index contributed by atoms with van der Waals surface area (Å²) in [6.45, 7) is 5.65. The predicted molar refractivity (Wildman–Crippen MR) is 86.5 cm³/mol. The SMILES string of the molecule is Cc1cc(C(=O)Nc2ccc3c(c2)OC(C)(C)O3)sc1Br. The maximum Gasteiger partial charge on any atom is 0.265 e. The molecule has 6 heteroatoms. The van der Waals surface area contributed by atoms with E-state index in [2.05, 4.69) is 21.2 Å². The predicted octanol–water partition coefficient (Wildman–Crippen LogP) is 4.58. The fourth-order valence-corrected chi connectivity index (χ4v) is 3.49. The van der Waals surface area contributed by atoms with Crippen molar-refractivity contribution in [2.45, 2.75) is 26.6 Å². The summed E-state index contributed by atoms with van der Waals surface area (Å²) < 4.78 is 12.3. The van der Waals surface area contributed by atoms with E-state index in [1.807, 2.05) is 26.8 Å². The Bertz CT molecular complexity index is 704. The van der Waals surface area contributed by atoms with E-state index in [1.165, 1.54) is 11.3 Å². The molecule has 1 amide bonds. The molecule has 0 unspecified atom stereocenters. The first-order valence-electron chi connectivity index (χ1n) is 6.43. The quantitative estimate of drug-likeness (QED) is 0.844. The monoisotopic (exact) mass is 367 g/mol. The largest absolute Gasteiger partial charge is 0.449 e. The average Bonchev–Trinajstić information content (AvgIpc) is 2.87. The van der Waals surface area contributed by atoms with Gasteiger partial charge in [0.2, 0.25) is 5.79 Å². The lowest BCUT2D eigenvalue weighted by Crippen LogP contribution is -2.29. The van der Waals surface area contributed by atoms with Crippen LogP contribution in [0, 0.1) is 6.92 Å². The van der Waals surface area contributed by atoms with Gasteiger partial charge in [0.25, 0.3) is 5.91 Å². The summed E-state index contributed by atoms with van der Waals surface area (Å²) in [6.07, 6.45) is 0. The van der Waals surface area contributed by atoms with Crippen molar-refractivity contribution in [2.75, 3.05) is 5.32 Å². The van der Waals surface area contributed by atoms with Crippen LogP contribution in [0.4, 0.5) is 5.69 Å². The smallest absolute Gasteiger partial charge is 0.265 e. The third kappa shape index (κ3) is 2.91. The number of fused-ring (bicyclic) bond motifs is 1. The fourth-order valence-electron chi connectivity index (χ4n) is 2.06. The number of amides is 1. The molecule has 1 aliphatic rings. The van der Waals surface area contributed by atoms with E-state index < -0.39 is 5.79 Å². The summed E-state index contributed by atoms with van der Waals surface area (Å²) in [4.78, 5) is 12.9. The second-order valence-electron chi connectivity index (χ2n) is 5.29. The van der Waals surface area contributed by atoms with Gasteiger partial charge in [0.1, 0.15) is 0 Å². The molecule has 4 nitrogen and oxygen atoms in total. The summed E-state index contributed by atoms with van der Waals surface area (Å²) >= 11 is 4.84. The second kappa shape index (κ2) is 5.03. The molecular weight excluding hydrogens is 354 g/mol. The number of aryl methyl sites for hydroxylation is 1. The summed E-state index contributed by atoms with van der Waals surface area (Å²) in [7, 11) is 0. The zero-order valence-corrected chi connectivity index (χ0v) is 14.2. The Balaban J connectivity index is 1.79. The van der Waals surface area contributed by atoms with Crippen molar-refractivity contribution < 1.29 is 14.3 Å². The summed E-state index contributed by atoms with van der Waals surface area (Å²) in [5.41, 5.74) is 1.74. The highest BCUT2D eigenvalue weighted by atomic mass is 79.9. The normalized spacial score (nSPS) is 15.0. The Morgan fingerprint density at radius 2 is 1.95 bits per heavy atom. The maximum atomic E-state index is 12.2. The van der Waals surface area contributed by atoms with Gasteiger partial charge < -0.3 is 14.8 Å². The molecule has 0 aliphatic carbocycles. The first kappa shape index (κ1) is 14.4. The van der Waals surface area contributed by atoms with Crippen molar-refractivity contribution in [3.63, 3.8) is 0 Å². The van der Waals surface area contributed by atoms with Crippen molar-refractivity contribution in [2.24, 2.45) is 0 Å². The molecule has 1 N–H and O–H groups in total. The molecule has 0 spiro atoms. The lowest BCUT2D eigenvalue weighted by Gasteiger charge is -2.16. The highest BCUT2D eigenvalue weighted by Gasteiger charge is 2.31. The Morgan fingerprint density at radius 3 is 2.62 bits per heavy atom. The van der Waals surface area contributed by atoms with Crippen LogP contribution in [0.5, 0.6) is 11.5 Å². The molecular formula is C15H14BrNO3S. The van der Waals surface area contributed by atoms with E-state index >= 15 is 0 Å². The van der Waals surface area contributed by atoms with E-state index in [-0.39, 0.29) is 5.91 Å². The number of hydrogen-bond acceptors (Lipinski definition) is 4. The van der Waals surface area contributed by atoms with Gasteiger partial charge in [-0.2, -0.15) is 0 Å². The molecule has 0 radical (unpaired) electrons. The standard InChI is InChI=1S/C15H14BrNO3S/c1-8-6-12(21-13(8)16)14(18)17-9-4-5-10-11(7-9)20-15(2,3)19-10/h4-7H,1-3H3,(H,17,18). The lowest BCUT2D eigenvalue weighted by molar-refractivity contribution is -0.0431. The maximum absolute atomic E-state index is 12.2. The number of thiophene rings is 1. The fraction of sp³-hybridized carbons (Fsp3) is 0.267. The first-order chi connectivity index (χ1) is 9.84. The number of carbonyl (C=O) groups excluding carboxylic acids is 1. The highest BCUT2D eigenvalue weighted by molar-refractivity contribution is 9.11. The Labute approximate surface area is 135 Å². The van der Waals surface area contributed by atoms with Gasteiger partial charge in [-0.15, -0.1) is 11.3 Å². The van der Waals surface area contributed by atoms with Crippen molar-refractivity contribution in [1.82, 2.24) is 0 Å². The number of anilines is 1. The van der Waals surface area contributed by atoms with Gasteiger partial charge in [0.05, 0.1) is 8.66 Å². The molecule has 0 atom stereocenters. The molecule has 2 heterocycles. The molecule has 2 aromatic rings. The molecule has 0 saturated heterocycles.